The highest BCUT2D eigenvalue weighted by Gasteiger charge is 2.32. The summed E-state index contributed by atoms with van der Waals surface area (Å²) < 4.78 is 77.2. The van der Waals surface area contributed by atoms with Crippen molar-refractivity contribution in [2.75, 3.05) is 25.5 Å². The Morgan fingerprint density at radius 3 is 2.77 bits per heavy atom. The van der Waals surface area contributed by atoms with Crippen LogP contribution in [0, 0.1) is 0 Å². The second-order valence-corrected chi connectivity index (χ2v) is 11.3. The van der Waals surface area contributed by atoms with Crippen molar-refractivity contribution >= 4 is 22.5 Å². The molecule has 230 valence electrons. The third-order valence-corrected chi connectivity index (χ3v) is 8.04. The van der Waals surface area contributed by atoms with Gasteiger partial charge in [-0.15, -0.1) is 0 Å². The van der Waals surface area contributed by atoms with E-state index in [9.17, 15) is 26.7 Å². The molecule has 2 aliphatic rings. The standard InChI is InChI=1S/C28H31F5N8O2/c1-39-8-7-22(20(30)14-39)36-21-3-2-4-23-19(21)10-24(40(23)15-28(31,32)33)26-37-25(43-38-26)12-34-27(42)16-11-35-41(13-16)18-6-5-17(29)9-18/h2-4,10-11,13,17-18,20,22,36H,5-9,12,14-15H2,1H3,(H,34,42)/t17?,18?,20-,22+/m0/s1. The average molecular weight is 607 g/mol. The number of alkyl halides is 5. The Labute approximate surface area is 243 Å². The molecular formula is C28H31F5N8O2. The number of amides is 1. The summed E-state index contributed by atoms with van der Waals surface area (Å²) in [6.45, 7) is -0.519. The molecule has 4 heterocycles. The number of carbonyl (C=O) groups is 1. The smallest absolute Gasteiger partial charge is 0.379 e. The molecule has 1 aliphatic heterocycles. The summed E-state index contributed by atoms with van der Waals surface area (Å²) >= 11 is 0. The first-order valence-electron chi connectivity index (χ1n) is 14.1. The van der Waals surface area contributed by atoms with E-state index in [0.29, 0.717) is 43.3 Å². The SMILES string of the molecule is CN1CC[C@@H](Nc2cccc3c2cc(-c2noc(CNC(=O)c4cnn(C5CCC(F)C5)c4)n2)n3CC(F)(F)F)[C@@H](F)C1. The zero-order valence-electron chi connectivity index (χ0n) is 23.3. The number of carbonyl (C=O) groups excluding carboxylic acids is 1. The topological polar surface area (TPSA) is 106 Å². The molecule has 1 amide bonds. The molecule has 0 radical (unpaired) electrons. The van der Waals surface area contributed by atoms with E-state index >= 15 is 0 Å². The van der Waals surface area contributed by atoms with Gasteiger partial charge in [0.2, 0.25) is 11.7 Å². The Hall–Kier alpha value is -4.01. The fourth-order valence-electron chi connectivity index (χ4n) is 5.85. The molecule has 1 aromatic carbocycles. The Bertz CT molecular complexity index is 1600. The van der Waals surface area contributed by atoms with Crippen LogP contribution in [0.5, 0.6) is 0 Å². The normalized spacial score (nSPS) is 23.2. The van der Waals surface area contributed by atoms with Crippen LogP contribution in [0.15, 0.2) is 41.2 Å². The lowest BCUT2D eigenvalue weighted by Crippen LogP contribution is -2.46. The number of rotatable bonds is 8. The van der Waals surface area contributed by atoms with E-state index in [4.69, 9.17) is 4.52 Å². The molecule has 0 spiro atoms. The van der Waals surface area contributed by atoms with Crippen molar-refractivity contribution in [1.29, 1.82) is 0 Å². The number of hydrogen-bond donors (Lipinski definition) is 2. The Morgan fingerprint density at radius 2 is 2.02 bits per heavy atom. The molecule has 2 N–H and O–H groups in total. The summed E-state index contributed by atoms with van der Waals surface area (Å²) in [4.78, 5) is 18.8. The van der Waals surface area contributed by atoms with Gasteiger partial charge in [0.1, 0.15) is 18.9 Å². The first-order chi connectivity index (χ1) is 20.5. The van der Waals surface area contributed by atoms with Gasteiger partial charge in [-0.25, -0.2) is 8.78 Å². The van der Waals surface area contributed by atoms with Crippen LogP contribution in [-0.4, -0.2) is 80.0 Å². The minimum absolute atomic E-state index is 0.0134. The summed E-state index contributed by atoms with van der Waals surface area (Å²) in [7, 11) is 1.84. The van der Waals surface area contributed by atoms with Gasteiger partial charge in [-0.2, -0.15) is 23.3 Å². The van der Waals surface area contributed by atoms with Gasteiger partial charge in [0.15, 0.2) is 0 Å². The minimum Gasteiger partial charge on any atom is -0.379 e. The molecule has 1 saturated carbocycles. The van der Waals surface area contributed by atoms with E-state index in [1.54, 1.807) is 29.1 Å². The number of nitrogens with zero attached hydrogens (tertiary/aromatic N) is 6. The van der Waals surface area contributed by atoms with Gasteiger partial charge in [-0.05, 0) is 44.5 Å². The molecule has 10 nitrogen and oxygen atoms in total. The minimum atomic E-state index is -4.54. The highest BCUT2D eigenvalue weighted by atomic mass is 19.4. The van der Waals surface area contributed by atoms with Gasteiger partial charge in [0, 0.05) is 36.8 Å². The van der Waals surface area contributed by atoms with Crippen molar-refractivity contribution in [1.82, 2.24) is 34.7 Å². The van der Waals surface area contributed by atoms with Crippen LogP contribution in [0.3, 0.4) is 0 Å². The van der Waals surface area contributed by atoms with Crippen LogP contribution in [-0.2, 0) is 13.1 Å². The largest absolute Gasteiger partial charge is 0.406 e. The molecule has 2 fully saturated rings. The Balaban J connectivity index is 1.21. The number of fused-ring (bicyclic) bond motifs is 1. The molecule has 4 aromatic rings. The highest BCUT2D eigenvalue weighted by molar-refractivity contribution is 5.96. The third kappa shape index (κ3) is 6.36. The number of piperidine rings is 1. The van der Waals surface area contributed by atoms with Crippen molar-refractivity contribution in [2.24, 2.45) is 0 Å². The van der Waals surface area contributed by atoms with Crippen LogP contribution in [0.4, 0.5) is 27.6 Å². The maximum Gasteiger partial charge on any atom is 0.406 e. The fourth-order valence-corrected chi connectivity index (χ4v) is 5.85. The number of anilines is 1. The maximum absolute atomic E-state index is 14.7. The van der Waals surface area contributed by atoms with Gasteiger partial charge < -0.3 is 24.6 Å². The van der Waals surface area contributed by atoms with Crippen molar-refractivity contribution in [3.8, 4) is 11.5 Å². The van der Waals surface area contributed by atoms with Gasteiger partial charge in [-0.1, -0.05) is 11.2 Å². The summed E-state index contributed by atoms with van der Waals surface area (Å²) in [6, 6.07) is 5.82. The predicted molar refractivity (Wildman–Crippen MR) is 147 cm³/mol. The second kappa shape index (κ2) is 11.6. The van der Waals surface area contributed by atoms with Gasteiger partial charge in [0.25, 0.3) is 5.91 Å². The van der Waals surface area contributed by atoms with Gasteiger partial charge >= 0.3 is 6.18 Å². The average Bonchev–Trinajstić information content (AvgIpc) is 3.75. The number of nitrogens with one attached hydrogen (secondary N) is 2. The molecule has 1 saturated heterocycles. The zero-order chi connectivity index (χ0) is 30.3. The maximum atomic E-state index is 14.7. The predicted octanol–water partition coefficient (Wildman–Crippen LogP) is 4.90. The number of likely N-dealkylation sites (tertiary alicyclic amines) is 1. The number of hydrogen-bond acceptors (Lipinski definition) is 7. The third-order valence-electron chi connectivity index (χ3n) is 8.04. The Kier molecular flexibility index (Phi) is 7.83. The number of aromatic nitrogens is 5. The summed E-state index contributed by atoms with van der Waals surface area (Å²) in [5.41, 5.74) is 1.12. The molecule has 4 atom stereocenters. The Morgan fingerprint density at radius 1 is 1.19 bits per heavy atom. The molecule has 3 aromatic heterocycles. The summed E-state index contributed by atoms with van der Waals surface area (Å²) in [5, 5.41) is 14.4. The van der Waals surface area contributed by atoms with E-state index in [1.165, 1.54) is 12.3 Å². The second-order valence-electron chi connectivity index (χ2n) is 11.3. The lowest BCUT2D eigenvalue weighted by molar-refractivity contribution is -0.139. The molecule has 43 heavy (non-hydrogen) atoms. The molecule has 2 unspecified atom stereocenters. The summed E-state index contributed by atoms with van der Waals surface area (Å²) in [5.74, 6) is -0.573. The van der Waals surface area contributed by atoms with E-state index < -0.39 is 37.0 Å². The monoisotopic (exact) mass is 606 g/mol. The number of benzene rings is 1. The van der Waals surface area contributed by atoms with E-state index in [2.05, 4.69) is 25.9 Å². The van der Waals surface area contributed by atoms with Crippen LogP contribution in [0.2, 0.25) is 0 Å². The quantitative estimate of drug-likeness (QED) is 0.275. The highest BCUT2D eigenvalue weighted by Crippen LogP contribution is 2.35. The molecule has 1 aliphatic carbocycles. The van der Waals surface area contributed by atoms with Crippen molar-refractivity contribution < 1.29 is 31.3 Å². The molecule has 0 bridgehead atoms. The van der Waals surface area contributed by atoms with Crippen molar-refractivity contribution in [3.63, 3.8) is 0 Å². The number of halogens is 5. The molecule has 15 heteroatoms. The fraction of sp³-hybridized carbons (Fsp3) is 0.500. The lowest BCUT2D eigenvalue weighted by atomic mass is 10.0. The van der Waals surface area contributed by atoms with E-state index in [1.807, 2.05) is 11.9 Å². The van der Waals surface area contributed by atoms with Gasteiger partial charge in [0.05, 0.1) is 41.6 Å². The van der Waals surface area contributed by atoms with Gasteiger partial charge in [-0.3, -0.25) is 9.48 Å². The van der Waals surface area contributed by atoms with E-state index in [-0.39, 0.29) is 47.6 Å². The van der Waals surface area contributed by atoms with Crippen molar-refractivity contribution in [2.45, 2.75) is 69.4 Å². The van der Waals surface area contributed by atoms with Crippen LogP contribution < -0.4 is 10.6 Å². The first kappa shape index (κ1) is 29.1. The zero-order valence-corrected chi connectivity index (χ0v) is 23.3. The van der Waals surface area contributed by atoms with Crippen LogP contribution >= 0.6 is 0 Å². The lowest BCUT2D eigenvalue weighted by Gasteiger charge is -2.33. The molecule has 6 rings (SSSR count). The van der Waals surface area contributed by atoms with Crippen molar-refractivity contribution in [3.05, 3.63) is 48.1 Å². The van der Waals surface area contributed by atoms with Crippen LogP contribution in [0.25, 0.3) is 22.4 Å². The summed E-state index contributed by atoms with van der Waals surface area (Å²) in [6.07, 6.45) is -1.62. The molecular weight excluding hydrogens is 575 g/mol. The van der Waals surface area contributed by atoms with E-state index in [0.717, 1.165) is 4.57 Å². The van der Waals surface area contributed by atoms with Crippen LogP contribution in [0.1, 0.15) is 48.0 Å². The first-order valence-corrected chi connectivity index (χ1v) is 14.1.